The monoisotopic (exact) mass is 437 g/mol. The third kappa shape index (κ3) is 4.53. The van der Waals surface area contributed by atoms with Crippen molar-refractivity contribution in [3.05, 3.63) is 35.9 Å². The van der Waals surface area contributed by atoms with Crippen LogP contribution >= 0.6 is 0 Å². The van der Waals surface area contributed by atoms with Crippen molar-refractivity contribution in [3.63, 3.8) is 0 Å². The summed E-state index contributed by atoms with van der Waals surface area (Å²) in [6.07, 6.45) is 0.107. The number of benzene rings is 1. The number of carboxylic acid groups (broad SMARTS) is 1. The molecule has 9 nitrogen and oxygen atoms in total. The molecule has 1 aromatic carbocycles. The van der Waals surface area contributed by atoms with Gasteiger partial charge in [0.05, 0.1) is 22.0 Å². The second kappa shape index (κ2) is 8.95. The van der Waals surface area contributed by atoms with E-state index in [0.29, 0.717) is 0 Å². The summed E-state index contributed by atoms with van der Waals surface area (Å²) in [6, 6.07) is 6.99. The fourth-order valence-electron chi connectivity index (χ4n) is 3.30. The first kappa shape index (κ1) is 23.5. The van der Waals surface area contributed by atoms with E-state index >= 15 is 0 Å². The average molecular weight is 438 g/mol. The van der Waals surface area contributed by atoms with E-state index in [1.54, 1.807) is 40.1 Å². The van der Waals surface area contributed by atoms with E-state index in [1.807, 2.05) is 18.2 Å². The quantitative estimate of drug-likeness (QED) is 0.638. The lowest BCUT2D eigenvalue weighted by atomic mass is 9.96. The van der Waals surface area contributed by atoms with Crippen LogP contribution in [0, 0.1) is 0 Å². The summed E-state index contributed by atoms with van der Waals surface area (Å²) in [5, 5.41) is 11.2. The van der Waals surface area contributed by atoms with Crippen molar-refractivity contribution in [3.8, 4) is 0 Å². The molecule has 2 heterocycles. The molecule has 2 aliphatic rings. The number of carbonyl (C=O) groups is 4. The van der Waals surface area contributed by atoms with Crippen molar-refractivity contribution in [2.45, 2.75) is 49.4 Å². The fraction of sp³-hybridized carbons (Fsp3) is 0.500. The molecule has 30 heavy (non-hydrogen) atoms. The molecule has 164 valence electrons. The van der Waals surface area contributed by atoms with Crippen molar-refractivity contribution in [1.82, 2.24) is 15.1 Å². The van der Waals surface area contributed by atoms with E-state index in [2.05, 4.69) is 5.32 Å². The largest absolute Gasteiger partial charge is 0.480 e. The Kier molecular flexibility index (Phi) is 7.02. The van der Waals surface area contributed by atoms with Crippen LogP contribution in [0.5, 0.6) is 0 Å². The molecular formula is C20H27N3O6S. The molecule has 10 heteroatoms. The van der Waals surface area contributed by atoms with Crippen molar-refractivity contribution < 1.29 is 28.5 Å². The van der Waals surface area contributed by atoms with Gasteiger partial charge in [-0.2, -0.15) is 0 Å². The Morgan fingerprint density at radius 1 is 1.20 bits per heavy atom. The molecule has 2 fully saturated rings. The Hall–Kier alpha value is -2.75. The van der Waals surface area contributed by atoms with E-state index in [-0.39, 0.29) is 18.2 Å². The second-order valence-corrected chi connectivity index (χ2v) is 10.0. The van der Waals surface area contributed by atoms with Crippen LogP contribution in [0.4, 0.5) is 0 Å². The molecule has 2 aliphatic heterocycles. The number of amides is 3. The number of carboxylic acids is 1. The van der Waals surface area contributed by atoms with Crippen LogP contribution in [0.15, 0.2) is 30.3 Å². The number of nitrogens with zero attached hydrogens (tertiary/aromatic N) is 2. The molecule has 1 unspecified atom stereocenters. The highest BCUT2D eigenvalue weighted by molar-refractivity contribution is 7.87. The van der Waals surface area contributed by atoms with Crippen molar-refractivity contribution >= 4 is 34.5 Å². The van der Waals surface area contributed by atoms with Gasteiger partial charge >= 0.3 is 5.97 Å². The molecule has 0 aliphatic carbocycles. The highest BCUT2D eigenvalue weighted by Gasteiger charge is 2.68. The minimum absolute atomic E-state index is 0.0926. The zero-order chi connectivity index (χ0) is 22.8. The van der Waals surface area contributed by atoms with Crippen LogP contribution in [-0.4, -0.2) is 79.1 Å². The molecule has 4 atom stereocenters. The van der Waals surface area contributed by atoms with E-state index in [1.165, 1.54) is 11.8 Å². The molecule has 2 saturated heterocycles. The third-order valence-electron chi connectivity index (χ3n) is 5.14. The van der Waals surface area contributed by atoms with Crippen LogP contribution in [0.25, 0.3) is 0 Å². The van der Waals surface area contributed by atoms with Gasteiger partial charge in [-0.25, -0.2) is 4.79 Å². The van der Waals surface area contributed by atoms with Gasteiger partial charge in [-0.15, -0.1) is 0 Å². The van der Waals surface area contributed by atoms with Crippen molar-refractivity contribution in [1.29, 1.82) is 0 Å². The smallest absolute Gasteiger partial charge is 0.328 e. The minimum Gasteiger partial charge on any atom is -0.480 e. The lowest BCUT2D eigenvalue weighted by Crippen LogP contribution is -2.71. The summed E-state index contributed by atoms with van der Waals surface area (Å²) >= 11 is 0. The number of hydrogen-bond donors (Lipinski definition) is 2. The number of nitrogens with one attached hydrogen (secondary N) is 1. The molecule has 0 aromatic heterocycles. The summed E-state index contributed by atoms with van der Waals surface area (Å²) in [4.78, 5) is 48.6. The maximum atomic E-state index is 12.6. The van der Waals surface area contributed by atoms with E-state index < -0.39 is 44.9 Å². The molecular weight excluding hydrogens is 410 g/mol. The highest BCUT2D eigenvalue weighted by Crippen LogP contribution is 2.43. The highest BCUT2D eigenvalue weighted by atomic mass is 32.2. The minimum atomic E-state index is -1.58. The predicted molar refractivity (Wildman–Crippen MR) is 111 cm³/mol. The van der Waals surface area contributed by atoms with Crippen molar-refractivity contribution in [2.24, 2.45) is 0 Å². The first-order valence-electron chi connectivity index (χ1n) is 9.36. The zero-order valence-electron chi connectivity index (χ0n) is 17.6. The second-order valence-electron chi connectivity index (χ2n) is 7.90. The van der Waals surface area contributed by atoms with Gasteiger partial charge in [0, 0.05) is 21.0 Å². The number of carbonyl (C=O) groups excluding carboxylic acids is 3. The molecule has 1 aromatic rings. The normalized spacial score (nSPS) is 25.9. The Morgan fingerprint density at radius 2 is 1.73 bits per heavy atom. The topological polar surface area (TPSA) is 124 Å². The van der Waals surface area contributed by atoms with Gasteiger partial charge in [0.1, 0.15) is 17.5 Å². The number of aliphatic carboxylic acids is 1. The zero-order valence-corrected chi connectivity index (χ0v) is 18.4. The van der Waals surface area contributed by atoms with Gasteiger partial charge < -0.3 is 20.2 Å². The summed E-state index contributed by atoms with van der Waals surface area (Å²) in [5.74, 6) is -1.94. The van der Waals surface area contributed by atoms with E-state index in [4.69, 9.17) is 0 Å². The van der Waals surface area contributed by atoms with Crippen LogP contribution in [-0.2, 0) is 36.4 Å². The number of hydrogen-bond acceptors (Lipinski definition) is 5. The van der Waals surface area contributed by atoms with Crippen molar-refractivity contribution in [2.75, 3.05) is 14.1 Å². The first-order valence-corrected chi connectivity index (χ1v) is 10.6. The Balaban J connectivity index is 0.000000469. The predicted octanol–water partition coefficient (Wildman–Crippen LogP) is -0.0292. The molecule has 0 spiro atoms. The molecule has 2 N–H and O–H groups in total. The third-order valence-corrected chi connectivity index (χ3v) is 7.34. The molecule has 0 bridgehead atoms. The summed E-state index contributed by atoms with van der Waals surface area (Å²) in [7, 11) is 1.87. The Labute approximate surface area is 177 Å². The lowest BCUT2D eigenvalue weighted by Gasteiger charge is -2.43. The SMILES string of the molecule is CC(=O)N(C)C.CC1(C)[C@H](C(=O)O)N2C(=O)[C@@H](NC(=O)Cc3ccccc3)[C@H]2S1=O. The van der Waals surface area contributed by atoms with Gasteiger partial charge in [-0.3, -0.25) is 18.6 Å². The van der Waals surface area contributed by atoms with Gasteiger partial charge in [-0.1, -0.05) is 30.3 Å². The maximum absolute atomic E-state index is 12.6. The maximum Gasteiger partial charge on any atom is 0.328 e. The molecule has 0 radical (unpaired) electrons. The van der Waals surface area contributed by atoms with Crippen LogP contribution < -0.4 is 5.32 Å². The average Bonchev–Trinajstić information content (AvgIpc) is 2.85. The Morgan fingerprint density at radius 3 is 2.20 bits per heavy atom. The Bertz CT molecular complexity index is 871. The number of fused-ring (bicyclic) bond motifs is 1. The summed E-state index contributed by atoms with van der Waals surface area (Å²) in [5.41, 5.74) is 0.801. The summed E-state index contributed by atoms with van der Waals surface area (Å²) in [6.45, 7) is 4.66. The van der Waals surface area contributed by atoms with Crippen LogP contribution in [0.2, 0.25) is 0 Å². The van der Waals surface area contributed by atoms with Gasteiger partial charge in [-0.05, 0) is 19.4 Å². The molecule has 0 saturated carbocycles. The fourth-order valence-corrected chi connectivity index (χ4v) is 5.22. The number of β-lactam (4-membered cyclic amide) rings is 1. The van der Waals surface area contributed by atoms with E-state index in [9.17, 15) is 28.5 Å². The van der Waals surface area contributed by atoms with Crippen LogP contribution in [0.3, 0.4) is 0 Å². The first-order chi connectivity index (χ1) is 13.9. The summed E-state index contributed by atoms with van der Waals surface area (Å²) < 4.78 is 11.5. The van der Waals surface area contributed by atoms with Gasteiger partial charge in [0.2, 0.25) is 17.7 Å². The number of rotatable bonds is 4. The lowest BCUT2D eigenvalue weighted by molar-refractivity contribution is -0.161. The van der Waals surface area contributed by atoms with E-state index in [0.717, 1.165) is 10.5 Å². The standard InChI is InChI=1S/C16H18N2O5S.C4H9NO/c1-16(2)12(15(21)22)18-13(20)11(14(18)24(16)23)17-10(19)8-9-6-4-3-5-7-9;1-4(6)5(2)3/h3-7,11-12,14H,8H2,1-2H3,(H,17,19)(H,21,22);1-3H3/t11-,12+,14-,24?;/m1./s1. The molecule has 3 amide bonds. The van der Waals surface area contributed by atoms with Crippen LogP contribution in [0.1, 0.15) is 26.3 Å². The van der Waals surface area contributed by atoms with Gasteiger partial charge in [0.15, 0.2) is 0 Å². The molecule has 3 rings (SSSR count). The van der Waals surface area contributed by atoms with Gasteiger partial charge in [0.25, 0.3) is 0 Å².